The maximum Gasteiger partial charge on any atom is 0.176 e. The van der Waals surface area contributed by atoms with E-state index in [-0.39, 0.29) is 16.0 Å². The Labute approximate surface area is 123 Å². The Balaban J connectivity index is 2.06. The van der Waals surface area contributed by atoms with E-state index < -0.39 is 9.84 Å². The average Bonchev–Trinajstić information content (AvgIpc) is 2.88. The first-order valence-electron chi connectivity index (χ1n) is 6.08. The van der Waals surface area contributed by atoms with E-state index in [1.54, 1.807) is 24.7 Å². The summed E-state index contributed by atoms with van der Waals surface area (Å²) in [7, 11) is -3.28. The molecule has 1 aromatic carbocycles. The van der Waals surface area contributed by atoms with Crippen LogP contribution in [-0.2, 0) is 16.4 Å². The molecule has 0 aliphatic rings. The third-order valence-electron chi connectivity index (χ3n) is 2.99. The van der Waals surface area contributed by atoms with Gasteiger partial charge in [0.05, 0.1) is 21.9 Å². The van der Waals surface area contributed by atoms with Crippen molar-refractivity contribution in [3.05, 3.63) is 47.0 Å². The fourth-order valence-corrected chi connectivity index (χ4v) is 3.19. The van der Waals surface area contributed by atoms with E-state index in [4.69, 9.17) is 11.6 Å². The van der Waals surface area contributed by atoms with Gasteiger partial charge in [-0.2, -0.15) is 0 Å². The second kappa shape index (κ2) is 5.95. The van der Waals surface area contributed by atoms with Crippen molar-refractivity contribution in [2.75, 3.05) is 6.26 Å². The Morgan fingerprint density at radius 1 is 1.45 bits per heavy atom. The molecule has 0 amide bonds. The van der Waals surface area contributed by atoms with E-state index in [9.17, 15) is 8.42 Å². The van der Waals surface area contributed by atoms with Crippen LogP contribution in [0.3, 0.4) is 0 Å². The Bertz CT molecular complexity index is 684. The summed E-state index contributed by atoms with van der Waals surface area (Å²) in [4.78, 5) is 7.16. The number of hydrogen-bond acceptors (Lipinski definition) is 4. The number of halogens is 1. The van der Waals surface area contributed by atoms with Gasteiger partial charge < -0.3 is 10.3 Å². The van der Waals surface area contributed by atoms with Gasteiger partial charge in [-0.05, 0) is 24.6 Å². The monoisotopic (exact) mass is 313 g/mol. The topological polar surface area (TPSA) is 74.8 Å². The molecule has 0 saturated carbocycles. The summed E-state index contributed by atoms with van der Waals surface area (Å²) < 4.78 is 23.0. The summed E-state index contributed by atoms with van der Waals surface area (Å²) in [6, 6.07) is 5.08. The predicted octanol–water partition coefficient (Wildman–Crippen LogP) is 2.32. The number of sulfone groups is 1. The number of imidazole rings is 1. The van der Waals surface area contributed by atoms with Crippen LogP contribution >= 0.6 is 11.6 Å². The fraction of sp³-hybridized carbons (Fsp3) is 0.308. The first kappa shape index (κ1) is 15.0. The van der Waals surface area contributed by atoms with Crippen LogP contribution in [0.5, 0.6) is 0 Å². The van der Waals surface area contributed by atoms with Crippen LogP contribution in [0.25, 0.3) is 0 Å². The van der Waals surface area contributed by atoms with E-state index in [0.29, 0.717) is 6.54 Å². The van der Waals surface area contributed by atoms with Crippen molar-refractivity contribution in [1.82, 2.24) is 15.3 Å². The predicted molar refractivity (Wildman–Crippen MR) is 78.4 cm³/mol. The van der Waals surface area contributed by atoms with Crippen LogP contribution in [-0.4, -0.2) is 24.6 Å². The van der Waals surface area contributed by atoms with Gasteiger partial charge in [0.15, 0.2) is 9.84 Å². The number of nitrogens with one attached hydrogen (secondary N) is 2. The Morgan fingerprint density at radius 3 is 2.75 bits per heavy atom. The molecule has 2 aromatic rings. The van der Waals surface area contributed by atoms with E-state index in [0.717, 1.165) is 17.5 Å². The first-order chi connectivity index (χ1) is 9.38. The number of aromatic nitrogens is 2. The minimum Gasteiger partial charge on any atom is -0.347 e. The van der Waals surface area contributed by atoms with Crippen molar-refractivity contribution in [1.29, 1.82) is 0 Å². The lowest BCUT2D eigenvalue weighted by Gasteiger charge is -2.12. The maximum atomic E-state index is 11.5. The molecule has 108 valence electrons. The number of rotatable bonds is 5. The van der Waals surface area contributed by atoms with Gasteiger partial charge in [0, 0.05) is 25.0 Å². The highest BCUT2D eigenvalue weighted by molar-refractivity contribution is 7.90. The molecule has 1 heterocycles. The molecular formula is C13H16ClN3O2S. The molecule has 0 bridgehead atoms. The standard InChI is InChI=1S/C13H16ClN3O2S/c1-9(12-7-15-8-17-12)16-6-10-3-4-13(11(14)5-10)20(2,18)19/h3-5,7-9,16H,6H2,1-2H3,(H,15,17). The van der Waals surface area contributed by atoms with Crippen LogP contribution in [0.15, 0.2) is 35.6 Å². The number of nitrogens with zero attached hydrogens (tertiary/aromatic N) is 1. The highest BCUT2D eigenvalue weighted by Gasteiger charge is 2.13. The fourth-order valence-electron chi connectivity index (χ4n) is 1.84. The maximum absolute atomic E-state index is 11.5. The van der Waals surface area contributed by atoms with Crippen molar-refractivity contribution < 1.29 is 8.42 Å². The lowest BCUT2D eigenvalue weighted by atomic mass is 10.2. The molecule has 0 aliphatic heterocycles. The zero-order valence-electron chi connectivity index (χ0n) is 11.2. The lowest BCUT2D eigenvalue weighted by molar-refractivity contribution is 0.563. The highest BCUT2D eigenvalue weighted by atomic mass is 35.5. The van der Waals surface area contributed by atoms with E-state index in [1.165, 1.54) is 6.07 Å². The Morgan fingerprint density at radius 2 is 2.20 bits per heavy atom. The number of benzene rings is 1. The van der Waals surface area contributed by atoms with Crippen LogP contribution in [0.1, 0.15) is 24.2 Å². The second-order valence-corrected chi connectivity index (χ2v) is 7.04. The summed E-state index contributed by atoms with van der Waals surface area (Å²) in [6.45, 7) is 2.60. The second-order valence-electron chi connectivity index (χ2n) is 4.65. The van der Waals surface area contributed by atoms with Crippen LogP contribution in [0.4, 0.5) is 0 Å². The summed E-state index contributed by atoms with van der Waals surface area (Å²) in [5.74, 6) is 0. The molecule has 7 heteroatoms. The Kier molecular flexibility index (Phi) is 4.47. The highest BCUT2D eigenvalue weighted by Crippen LogP contribution is 2.22. The lowest BCUT2D eigenvalue weighted by Crippen LogP contribution is -2.18. The van der Waals surface area contributed by atoms with Crippen molar-refractivity contribution in [3.8, 4) is 0 Å². The number of hydrogen-bond donors (Lipinski definition) is 2. The smallest absolute Gasteiger partial charge is 0.176 e. The summed E-state index contributed by atoms with van der Waals surface area (Å²) in [6.07, 6.45) is 4.54. The molecular weight excluding hydrogens is 298 g/mol. The van der Waals surface area contributed by atoms with E-state index in [1.807, 2.05) is 6.92 Å². The van der Waals surface area contributed by atoms with Crippen LogP contribution in [0, 0.1) is 0 Å². The minimum atomic E-state index is -3.28. The van der Waals surface area contributed by atoms with Gasteiger partial charge in [-0.15, -0.1) is 0 Å². The first-order valence-corrected chi connectivity index (χ1v) is 8.35. The molecule has 1 aromatic heterocycles. The van der Waals surface area contributed by atoms with Gasteiger partial charge >= 0.3 is 0 Å². The van der Waals surface area contributed by atoms with Gasteiger partial charge in [-0.3, -0.25) is 0 Å². The summed E-state index contributed by atoms with van der Waals surface area (Å²) >= 11 is 6.01. The van der Waals surface area contributed by atoms with Crippen molar-refractivity contribution in [2.45, 2.75) is 24.4 Å². The van der Waals surface area contributed by atoms with Crippen molar-refractivity contribution in [3.63, 3.8) is 0 Å². The molecule has 0 fully saturated rings. The quantitative estimate of drug-likeness (QED) is 0.888. The Hall–Kier alpha value is -1.37. The van der Waals surface area contributed by atoms with Crippen LogP contribution in [0.2, 0.25) is 5.02 Å². The zero-order valence-corrected chi connectivity index (χ0v) is 12.8. The number of H-pyrrole nitrogens is 1. The van der Waals surface area contributed by atoms with Gasteiger partial charge in [-0.1, -0.05) is 17.7 Å². The zero-order chi connectivity index (χ0) is 14.8. The third-order valence-corrected chi connectivity index (χ3v) is 4.57. The molecule has 2 rings (SSSR count). The normalized spacial score (nSPS) is 13.3. The molecule has 0 radical (unpaired) electrons. The van der Waals surface area contributed by atoms with Gasteiger partial charge in [0.2, 0.25) is 0 Å². The van der Waals surface area contributed by atoms with Gasteiger partial charge in [0.25, 0.3) is 0 Å². The van der Waals surface area contributed by atoms with E-state index >= 15 is 0 Å². The molecule has 20 heavy (non-hydrogen) atoms. The van der Waals surface area contributed by atoms with Gasteiger partial charge in [-0.25, -0.2) is 13.4 Å². The molecule has 5 nitrogen and oxygen atoms in total. The van der Waals surface area contributed by atoms with E-state index in [2.05, 4.69) is 15.3 Å². The molecule has 0 spiro atoms. The van der Waals surface area contributed by atoms with Gasteiger partial charge in [0.1, 0.15) is 0 Å². The molecule has 0 saturated heterocycles. The SMILES string of the molecule is CC(NCc1ccc(S(C)(=O)=O)c(Cl)c1)c1cnc[nH]1. The molecule has 0 aliphatic carbocycles. The molecule has 1 unspecified atom stereocenters. The summed E-state index contributed by atoms with van der Waals surface area (Å²) in [5, 5.41) is 3.56. The number of aromatic amines is 1. The minimum absolute atomic E-state index is 0.117. The van der Waals surface area contributed by atoms with Crippen molar-refractivity contribution in [2.24, 2.45) is 0 Å². The molecule has 2 N–H and O–H groups in total. The largest absolute Gasteiger partial charge is 0.347 e. The molecule has 1 atom stereocenters. The average molecular weight is 314 g/mol. The van der Waals surface area contributed by atoms with Crippen LogP contribution < -0.4 is 5.32 Å². The summed E-state index contributed by atoms with van der Waals surface area (Å²) in [5.41, 5.74) is 1.91. The third kappa shape index (κ3) is 3.59. The van der Waals surface area contributed by atoms with Crippen molar-refractivity contribution >= 4 is 21.4 Å².